The molecule has 1 rings (SSSR count). The summed E-state index contributed by atoms with van der Waals surface area (Å²) in [6.45, 7) is 9.30. The number of rotatable bonds is 4. The average molecular weight is 214 g/mol. The number of hydrogen-bond acceptors (Lipinski definition) is 3. The molecule has 1 aliphatic heterocycles. The lowest BCUT2D eigenvalue weighted by molar-refractivity contribution is -0.138. The second kappa shape index (κ2) is 5.47. The number of hydrogen-bond donors (Lipinski definition) is 0. The van der Waals surface area contributed by atoms with Gasteiger partial charge in [-0.15, -0.1) is 0 Å². The maximum atomic E-state index is 11.8. The minimum absolute atomic E-state index is 0.125. The fourth-order valence-corrected chi connectivity index (χ4v) is 1.75. The molecule has 0 aliphatic carbocycles. The minimum Gasteiger partial charge on any atom is -0.380 e. The smallest absolute Gasteiger partial charge is 0.236 e. The van der Waals surface area contributed by atoms with Crippen LogP contribution < -0.4 is 0 Å². The average Bonchev–Trinajstić information content (AvgIpc) is 2.20. The lowest BCUT2D eigenvalue weighted by Crippen LogP contribution is -2.53. The molecule has 1 amide bonds. The van der Waals surface area contributed by atoms with E-state index in [0.717, 1.165) is 13.1 Å². The minimum atomic E-state index is 0.125. The highest BCUT2D eigenvalue weighted by atomic mass is 16.5. The third-order valence-corrected chi connectivity index (χ3v) is 2.96. The highest BCUT2D eigenvalue weighted by Crippen LogP contribution is 2.08. The summed E-state index contributed by atoms with van der Waals surface area (Å²) in [6.07, 6.45) is 0.125. The molecule has 0 spiro atoms. The number of carbonyl (C=O) groups is 1. The van der Waals surface area contributed by atoms with Crippen molar-refractivity contribution >= 4 is 5.91 Å². The van der Waals surface area contributed by atoms with E-state index in [1.807, 2.05) is 11.8 Å². The van der Waals surface area contributed by atoms with E-state index in [1.54, 1.807) is 7.11 Å². The Morgan fingerprint density at radius 1 is 1.33 bits per heavy atom. The summed E-state index contributed by atoms with van der Waals surface area (Å²) < 4.78 is 5.17. The Kier molecular flexibility index (Phi) is 4.54. The third kappa shape index (κ3) is 3.47. The second-order valence-corrected chi connectivity index (χ2v) is 4.45. The molecule has 1 atom stereocenters. The van der Waals surface area contributed by atoms with Crippen LogP contribution in [0, 0.1) is 0 Å². The molecule has 0 radical (unpaired) electrons. The van der Waals surface area contributed by atoms with Crippen LogP contribution in [-0.4, -0.2) is 61.1 Å². The van der Waals surface area contributed by atoms with Gasteiger partial charge in [0.2, 0.25) is 5.91 Å². The Labute approximate surface area is 92.2 Å². The molecule has 15 heavy (non-hydrogen) atoms. The Bertz CT molecular complexity index is 219. The van der Waals surface area contributed by atoms with Crippen molar-refractivity contribution in [2.45, 2.75) is 32.9 Å². The third-order valence-electron chi connectivity index (χ3n) is 2.96. The summed E-state index contributed by atoms with van der Waals surface area (Å²) in [6, 6.07) is 0.455. The molecule has 0 bridgehead atoms. The van der Waals surface area contributed by atoms with Gasteiger partial charge in [-0.05, 0) is 20.8 Å². The molecule has 0 N–H and O–H groups in total. The predicted octanol–water partition coefficient (Wildman–Crippen LogP) is 0.574. The van der Waals surface area contributed by atoms with E-state index in [0.29, 0.717) is 19.1 Å². The SMILES string of the molecule is CO[C@H](C)CN1CCN(C(C)C)CC1=O. The number of ether oxygens (including phenoxy) is 1. The van der Waals surface area contributed by atoms with Gasteiger partial charge >= 0.3 is 0 Å². The van der Waals surface area contributed by atoms with Gasteiger partial charge in [-0.1, -0.05) is 0 Å². The molecule has 1 aliphatic rings. The zero-order chi connectivity index (χ0) is 11.4. The molecule has 1 saturated heterocycles. The Morgan fingerprint density at radius 3 is 2.47 bits per heavy atom. The summed E-state index contributed by atoms with van der Waals surface area (Å²) in [7, 11) is 1.68. The fourth-order valence-electron chi connectivity index (χ4n) is 1.75. The molecular formula is C11H22N2O2. The molecule has 4 nitrogen and oxygen atoms in total. The van der Waals surface area contributed by atoms with Crippen LogP contribution in [0.15, 0.2) is 0 Å². The van der Waals surface area contributed by atoms with Crippen molar-refractivity contribution in [3.8, 4) is 0 Å². The summed E-state index contributed by atoms with van der Waals surface area (Å²) in [5.74, 6) is 0.221. The molecule has 0 unspecified atom stereocenters. The Hall–Kier alpha value is -0.610. The maximum Gasteiger partial charge on any atom is 0.236 e. The van der Waals surface area contributed by atoms with Crippen LogP contribution in [0.3, 0.4) is 0 Å². The summed E-state index contributed by atoms with van der Waals surface area (Å²) in [5, 5.41) is 0. The van der Waals surface area contributed by atoms with E-state index in [2.05, 4.69) is 18.7 Å². The van der Waals surface area contributed by atoms with Crippen molar-refractivity contribution in [2.75, 3.05) is 33.3 Å². The van der Waals surface area contributed by atoms with E-state index in [4.69, 9.17) is 4.74 Å². The molecule has 0 aromatic heterocycles. The van der Waals surface area contributed by atoms with Gasteiger partial charge in [0, 0.05) is 32.8 Å². The standard InChI is InChI=1S/C11H22N2O2/c1-9(2)12-5-6-13(11(14)8-12)7-10(3)15-4/h9-10H,5-8H2,1-4H3/t10-/m1/s1. The van der Waals surface area contributed by atoms with E-state index >= 15 is 0 Å². The predicted molar refractivity (Wildman–Crippen MR) is 59.8 cm³/mol. The molecule has 1 heterocycles. The van der Waals surface area contributed by atoms with Crippen molar-refractivity contribution in [3.63, 3.8) is 0 Å². The number of piperazine rings is 1. The molecular weight excluding hydrogens is 192 g/mol. The number of carbonyl (C=O) groups excluding carboxylic acids is 1. The number of methoxy groups -OCH3 is 1. The normalized spacial score (nSPS) is 21.1. The molecule has 88 valence electrons. The van der Waals surface area contributed by atoms with E-state index in [1.165, 1.54) is 0 Å². The first-order valence-corrected chi connectivity index (χ1v) is 5.59. The van der Waals surface area contributed by atoms with Crippen LogP contribution >= 0.6 is 0 Å². The molecule has 0 aromatic rings. The maximum absolute atomic E-state index is 11.8. The topological polar surface area (TPSA) is 32.8 Å². The second-order valence-electron chi connectivity index (χ2n) is 4.45. The summed E-state index contributed by atoms with van der Waals surface area (Å²) in [4.78, 5) is 15.9. The van der Waals surface area contributed by atoms with Crippen molar-refractivity contribution < 1.29 is 9.53 Å². The van der Waals surface area contributed by atoms with Crippen molar-refractivity contribution in [3.05, 3.63) is 0 Å². The highest BCUT2D eigenvalue weighted by Gasteiger charge is 2.25. The number of nitrogens with zero attached hydrogens (tertiary/aromatic N) is 2. The van der Waals surface area contributed by atoms with Crippen LogP contribution in [0.2, 0.25) is 0 Å². The van der Waals surface area contributed by atoms with Crippen LogP contribution in [0.25, 0.3) is 0 Å². The van der Waals surface area contributed by atoms with Crippen molar-refractivity contribution in [1.82, 2.24) is 9.80 Å². The monoisotopic (exact) mass is 214 g/mol. The molecule has 1 fully saturated rings. The zero-order valence-corrected chi connectivity index (χ0v) is 10.2. The lowest BCUT2D eigenvalue weighted by Gasteiger charge is -2.37. The first-order valence-electron chi connectivity index (χ1n) is 5.59. The summed E-state index contributed by atoms with van der Waals surface area (Å²) >= 11 is 0. The van der Waals surface area contributed by atoms with Gasteiger partial charge in [0.05, 0.1) is 12.6 Å². The van der Waals surface area contributed by atoms with Crippen LogP contribution in [0.1, 0.15) is 20.8 Å². The fraction of sp³-hybridized carbons (Fsp3) is 0.909. The highest BCUT2D eigenvalue weighted by molar-refractivity contribution is 5.79. The summed E-state index contributed by atoms with van der Waals surface area (Å²) in [5.41, 5.74) is 0. The van der Waals surface area contributed by atoms with Gasteiger partial charge in [-0.3, -0.25) is 9.69 Å². The first-order chi connectivity index (χ1) is 7.04. The Morgan fingerprint density at radius 2 is 2.00 bits per heavy atom. The van der Waals surface area contributed by atoms with Crippen LogP contribution in [0.5, 0.6) is 0 Å². The van der Waals surface area contributed by atoms with Crippen molar-refractivity contribution in [2.24, 2.45) is 0 Å². The van der Waals surface area contributed by atoms with Crippen LogP contribution in [0.4, 0.5) is 0 Å². The largest absolute Gasteiger partial charge is 0.380 e. The van der Waals surface area contributed by atoms with Gasteiger partial charge in [0.15, 0.2) is 0 Å². The van der Waals surface area contributed by atoms with Gasteiger partial charge in [-0.2, -0.15) is 0 Å². The number of amides is 1. The first kappa shape index (κ1) is 12.5. The zero-order valence-electron chi connectivity index (χ0n) is 10.2. The van der Waals surface area contributed by atoms with Gasteiger partial charge in [0.1, 0.15) is 0 Å². The van der Waals surface area contributed by atoms with Gasteiger partial charge in [-0.25, -0.2) is 0 Å². The van der Waals surface area contributed by atoms with Gasteiger partial charge in [0.25, 0.3) is 0 Å². The quantitative estimate of drug-likeness (QED) is 0.686. The van der Waals surface area contributed by atoms with E-state index in [9.17, 15) is 4.79 Å². The van der Waals surface area contributed by atoms with E-state index in [-0.39, 0.29) is 12.0 Å². The Balaban J connectivity index is 2.42. The molecule has 4 heteroatoms. The molecule has 0 saturated carbocycles. The van der Waals surface area contributed by atoms with Crippen molar-refractivity contribution in [1.29, 1.82) is 0 Å². The molecule has 0 aromatic carbocycles. The lowest BCUT2D eigenvalue weighted by atomic mass is 10.2. The van der Waals surface area contributed by atoms with Gasteiger partial charge < -0.3 is 9.64 Å². The van der Waals surface area contributed by atoms with E-state index < -0.39 is 0 Å². The van der Waals surface area contributed by atoms with Crippen LogP contribution in [-0.2, 0) is 9.53 Å².